The van der Waals surface area contributed by atoms with E-state index < -0.39 is 5.97 Å². The van der Waals surface area contributed by atoms with E-state index in [1.807, 2.05) is 31.2 Å². The van der Waals surface area contributed by atoms with Crippen LogP contribution in [0.4, 0.5) is 0 Å². The molecule has 2 rings (SSSR count). The number of aromatic nitrogens is 2. The summed E-state index contributed by atoms with van der Waals surface area (Å²) in [6.45, 7) is 1.85. The summed E-state index contributed by atoms with van der Waals surface area (Å²) in [5, 5.41) is 13.0. The number of rotatable bonds is 4. The van der Waals surface area contributed by atoms with E-state index in [1.165, 1.54) is 0 Å². The Kier molecular flexibility index (Phi) is 3.32. The van der Waals surface area contributed by atoms with Crippen LogP contribution < -0.4 is 4.74 Å². The molecular weight excluding hydrogens is 232 g/mol. The van der Waals surface area contributed by atoms with Gasteiger partial charge in [-0.25, -0.2) is 4.68 Å². The number of carbonyl (C=O) groups is 1. The van der Waals surface area contributed by atoms with Crippen molar-refractivity contribution in [3.8, 4) is 11.4 Å². The smallest absolute Gasteiger partial charge is 0.307 e. The van der Waals surface area contributed by atoms with Gasteiger partial charge in [-0.3, -0.25) is 4.79 Å². The van der Waals surface area contributed by atoms with E-state index in [-0.39, 0.29) is 6.42 Å². The highest BCUT2D eigenvalue weighted by Gasteiger charge is 2.11. The molecule has 1 heterocycles. The summed E-state index contributed by atoms with van der Waals surface area (Å²) < 4.78 is 6.86. The lowest BCUT2D eigenvalue weighted by molar-refractivity contribution is -0.136. The fourth-order valence-electron chi connectivity index (χ4n) is 1.78. The van der Waals surface area contributed by atoms with E-state index in [1.54, 1.807) is 18.0 Å². The maximum absolute atomic E-state index is 10.7. The molecular formula is C13H14N2O3. The molecule has 0 fully saturated rings. The Bertz CT molecular complexity index is 575. The van der Waals surface area contributed by atoms with Gasteiger partial charge < -0.3 is 9.84 Å². The standard InChI is InChI=1S/C13H14N2O3/c1-9-10(6-13(16)17)8-14-15(9)11-4-3-5-12(7-11)18-2/h3-5,7-8H,6H2,1-2H3,(H,16,17). The molecule has 0 aliphatic carbocycles. The molecule has 0 aliphatic rings. The summed E-state index contributed by atoms with van der Waals surface area (Å²) in [7, 11) is 1.60. The largest absolute Gasteiger partial charge is 0.497 e. The average Bonchev–Trinajstić information content (AvgIpc) is 2.70. The van der Waals surface area contributed by atoms with Crippen molar-refractivity contribution in [2.24, 2.45) is 0 Å². The van der Waals surface area contributed by atoms with Crippen LogP contribution in [-0.2, 0) is 11.2 Å². The van der Waals surface area contributed by atoms with Gasteiger partial charge in [0.05, 0.1) is 25.4 Å². The van der Waals surface area contributed by atoms with Crippen LogP contribution in [0.1, 0.15) is 11.3 Å². The van der Waals surface area contributed by atoms with Gasteiger partial charge in [0.15, 0.2) is 0 Å². The maximum atomic E-state index is 10.7. The number of nitrogens with zero attached hydrogens (tertiary/aromatic N) is 2. The zero-order valence-electron chi connectivity index (χ0n) is 10.3. The van der Waals surface area contributed by atoms with Gasteiger partial charge in [0.25, 0.3) is 0 Å². The fraction of sp³-hybridized carbons (Fsp3) is 0.231. The lowest BCUT2D eigenvalue weighted by Crippen LogP contribution is -2.03. The quantitative estimate of drug-likeness (QED) is 0.893. The van der Waals surface area contributed by atoms with E-state index in [0.29, 0.717) is 5.56 Å². The number of methoxy groups -OCH3 is 1. The topological polar surface area (TPSA) is 64.4 Å². The predicted octanol–water partition coefficient (Wildman–Crippen LogP) is 1.82. The number of benzene rings is 1. The van der Waals surface area contributed by atoms with Crippen LogP contribution in [0, 0.1) is 6.92 Å². The third-order valence-electron chi connectivity index (χ3n) is 2.75. The summed E-state index contributed by atoms with van der Waals surface area (Å²) >= 11 is 0. The fourth-order valence-corrected chi connectivity index (χ4v) is 1.78. The van der Waals surface area contributed by atoms with Crippen LogP contribution in [0.3, 0.4) is 0 Å². The van der Waals surface area contributed by atoms with E-state index in [0.717, 1.165) is 17.1 Å². The monoisotopic (exact) mass is 246 g/mol. The lowest BCUT2D eigenvalue weighted by atomic mass is 10.2. The molecule has 0 unspecified atom stereocenters. The first kappa shape index (κ1) is 12.2. The Morgan fingerprint density at radius 1 is 1.50 bits per heavy atom. The second-order valence-electron chi connectivity index (χ2n) is 3.94. The normalized spacial score (nSPS) is 10.3. The minimum Gasteiger partial charge on any atom is -0.497 e. The molecule has 1 aromatic heterocycles. The first-order valence-electron chi connectivity index (χ1n) is 5.51. The molecule has 5 nitrogen and oxygen atoms in total. The lowest BCUT2D eigenvalue weighted by Gasteiger charge is -2.07. The van der Waals surface area contributed by atoms with Crippen LogP contribution in [-0.4, -0.2) is 28.0 Å². The summed E-state index contributed by atoms with van der Waals surface area (Å²) in [5.74, 6) is -0.120. The maximum Gasteiger partial charge on any atom is 0.307 e. The highest BCUT2D eigenvalue weighted by molar-refractivity contribution is 5.70. The second-order valence-corrected chi connectivity index (χ2v) is 3.94. The minimum atomic E-state index is -0.858. The molecule has 1 N–H and O–H groups in total. The average molecular weight is 246 g/mol. The summed E-state index contributed by atoms with van der Waals surface area (Å²) in [6.07, 6.45) is 1.57. The van der Waals surface area contributed by atoms with Crippen molar-refractivity contribution in [2.45, 2.75) is 13.3 Å². The van der Waals surface area contributed by atoms with Crippen molar-refractivity contribution >= 4 is 5.97 Å². The minimum absolute atomic E-state index is 0.0181. The molecule has 0 aliphatic heterocycles. The number of aliphatic carboxylic acids is 1. The molecule has 2 aromatic rings. The van der Waals surface area contributed by atoms with Gasteiger partial charge in [-0.1, -0.05) is 6.07 Å². The van der Waals surface area contributed by atoms with Crippen LogP contribution >= 0.6 is 0 Å². The van der Waals surface area contributed by atoms with Gasteiger partial charge in [-0.15, -0.1) is 0 Å². The Morgan fingerprint density at radius 2 is 2.28 bits per heavy atom. The zero-order valence-corrected chi connectivity index (χ0v) is 10.3. The molecule has 0 bridgehead atoms. The Balaban J connectivity index is 2.38. The number of hydrogen-bond acceptors (Lipinski definition) is 3. The van der Waals surface area contributed by atoms with Crippen LogP contribution in [0.15, 0.2) is 30.5 Å². The van der Waals surface area contributed by atoms with Crippen LogP contribution in [0.25, 0.3) is 5.69 Å². The van der Waals surface area contributed by atoms with Gasteiger partial charge in [0.2, 0.25) is 0 Å². The first-order valence-corrected chi connectivity index (χ1v) is 5.51. The van der Waals surface area contributed by atoms with Crippen molar-refractivity contribution in [3.63, 3.8) is 0 Å². The van der Waals surface area contributed by atoms with Gasteiger partial charge in [-0.05, 0) is 19.1 Å². The molecule has 0 radical (unpaired) electrons. The SMILES string of the molecule is COc1cccc(-n2ncc(CC(=O)O)c2C)c1. The van der Waals surface area contributed by atoms with Crippen molar-refractivity contribution in [2.75, 3.05) is 7.11 Å². The number of carboxylic acid groups (broad SMARTS) is 1. The number of hydrogen-bond donors (Lipinski definition) is 1. The number of ether oxygens (including phenoxy) is 1. The molecule has 94 valence electrons. The van der Waals surface area contributed by atoms with Crippen molar-refractivity contribution in [3.05, 3.63) is 41.7 Å². The van der Waals surface area contributed by atoms with Crippen molar-refractivity contribution in [1.29, 1.82) is 0 Å². The molecule has 18 heavy (non-hydrogen) atoms. The predicted molar refractivity (Wildman–Crippen MR) is 66.2 cm³/mol. The summed E-state index contributed by atoms with van der Waals surface area (Å²) in [5.41, 5.74) is 2.39. The van der Waals surface area contributed by atoms with Crippen LogP contribution in [0.5, 0.6) is 5.75 Å². The molecule has 0 atom stereocenters. The molecule has 1 aromatic carbocycles. The molecule has 0 amide bonds. The van der Waals surface area contributed by atoms with Crippen molar-refractivity contribution < 1.29 is 14.6 Å². The molecule has 0 spiro atoms. The number of carboxylic acids is 1. The van der Waals surface area contributed by atoms with Gasteiger partial charge >= 0.3 is 5.97 Å². The summed E-state index contributed by atoms with van der Waals surface area (Å²) in [6, 6.07) is 7.46. The summed E-state index contributed by atoms with van der Waals surface area (Å²) in [4.78, 5) is 10.7. The van der Waals surface area contributed by atoms with Gasteiger partial charge in [-0.2, -0.15) is 5.10 Å². The van der Waals surface area contributed by atoms with Crippen molar-refractivity contribution in [1.82, 2.24) is 9.78 Å². The van der Waals surface area contributed by atoms with Gasteiger partial charge in [0.1, 0.15) is 5.75 Å². The third kappa shape index (κ3) is 2.34. The zero-order chi connectivity index (χ0) is 13.1. The van der Waals surface area contributed by atoms with E-state index >= 15 is 0 Å². The molecule has 0 saturated heterocycles. The Hall–Kier alpha value is -2.30. The van der Waals surface area contributed by atoms with E-state index in [2.05, 4.69) is 5.10 Å². The van der Waals surface area contributed by atoms with E-state index in [4.69, 9.17) is 9.84 Å². The Morgan fingerprint density at radius 3 is 2.94 bits per heavy atom. The highest BCUT2D eigenvalue weighted by Crippen LogP contribution is 2.19. The van der Waals surface area contributed by atoms with Gasteiger partial charge in [0, 0.05) is 17.3 Å². The molecule has 5 heteroatoms. The first-order chi connectivity index (χ1) is 8.61. The molecule has 0 saturated carbocycles. The van der Waals surface area contributed by atoms with E-state index in [9.17, 15) is 4.79 Å². The Labute approximate surface area is 105 Å². The second kappa shape index (κ2) is 4.91. The third-order valence-corrected chi connectivity index (χ3v) is 2.75. The van der Waals surface area contributed by atoms with Crippen LogP contribution in [0.2, 0.25) is 0 Å². The highest BCUT2D eigenvalue weighted by atomic mass is 16.5.